The summed E-state index contributed by atoms with van der Waals surface area (Å²) in [4.78, 5) is 2.39. The number of nitrogens with zero attached hydrogens (tertiary/aromatic N) is 2. The molecule has 13 rings (SSSR count). The van der Waals surface area contributed by atoms with Gasteiger partial charge in [0, 0.05) is 33.5 Å². The third-order valence-electron chi connectivity index (χ3n) is 15.1. The fourth-order valence-corrected chi connectivity index (χ4v) is 11.5. The quantitative estimate of drug-likeness (QED) is 0.125. The van der Waals surface area contributed by atoms with Crippen molar-refractivity contribution in [2.45, 2.75) is 5.41 Å². The zero-order chi connectivity index (χ0) is 49.8. The lowest BCUT2D eigenvalue weighted by Gasteiger charge is -2.35. The Morgan fingerprint density at radius 3 is 1.39 bits per heavy atom. The van der Waals surface area contributed by atoms with Gasteiger partial charge < -0.3 is 9.47 Å². The molecule has 350 valence electrons. The molecule has 0 aliphatic heterocycles. The van der Waals surface area contributed by atoms with E-state index in [4.69, 9.17) is 0 Å². The van der Waals surface area contributed by atoms with E-state index in [0.29, 0.717) is 0 Å². The Morgan fingerprint density at radius 1 is 0.365 bits per heavy atom. The van der Waals surface area contributed by atoms with Gasteiger partial charge in [-0.1, -0.05) is 201 Å². The van der Waals surface area contributed by atoms with E-state index in [1.165, 1.54) is 51.1 Å². The lowest BCUT2D eigenvalue weighted by Crippen LogP contribution is -2.28. The number of anilines is 3. The van der Waals surface area contributed by atoms with E-state index in [1.54, 1.807) is 0 Å². The first-order chi connectivity index (χ1) is 36.5. The van der Waals surface area contributed by atoms with Crippen LogP contribution in [0.25, 0.3) is 84.2 Å². The smallest absolute Gasteiger partial charge is 0.123 e. The number of halogens is 1. The van der Waals surface area contributed by atoms with Crippen LogP contribution in [0.2, 0.25) is 0 Å². The minimum atomic E-state index is -0.578. The average molecular weight is 949 g/mol. The molecule has 1 heterocycles. The standard InChI is InChI=1S/C71H49FN2/c1-3-48-19-23-52(24-20-48)54-29-43-69-65(45-54)66-46-55(30-44-70(66)74(69)61-39-33-58(72)34-40-61)53-27-37-60(38-28-53)73(59-35-25-51(26-36-59)50-13-7-5-8-14-50)62-41-42-64-63-17-11-12-18-67(63)71(68(64)47-62,56-15-9-6-10-16-56)57-31-21-49(4-2)22-32-57/h3-47H,1-2H2. The van der Waals surface area contributed by atoms with Gasteiger partial charge in [0.15, 0.2) is 0 Å². The first kappa shape index (κ1) is 44.4. The molecule has 1 aliphatic carbocycles. The van der Waals surface area contributed by atoms with Crippen molar-refractivity contribution >= 4 is 51.0 Å². The molecule has 0 radical (unpaired) electrons. The van der Waals surface area contributed by atoms with Gasteiger partial charge in [-0.2, -0.15) is 0 Å². The van der Waals surface area contributed by atoms with Crippen molar-refractivity contribution in [1.29, 1.82) is 0 Å². The molecular weight excluding hydrogens is 900 g/mol. The van der Waals surface area contributed by atoms with Crippen molar-refractivity contribution in [2.24, 2.45) is 0 Å². The highest BCUT2D eigenvalue weighted by molar-refractivity contribution is 6.11. The summed E-state index contributed by atoms with van der Waals surface area (Å²) in [5, 5.41) is 2.25. The molecule has 0 spiro atoms. The molecule has 0 amide bonds. The number of aromatic nitrogens is 1. The highest BCUT2D eigenvalue weighted by atomic mass is 19.1. The lowest BCUT2D eigenvalue weighted by atomic mass is 9.67. The molecule has 0 saturated carbocycles. The summed E-state index contributed by atoms with van der Waals surface area (Å²) in [5.74, 6) is -0.259. The van der Waals surface area contributed by atoms with E-state index < -0.39 is 5.41 Å². The Bertz CT molecular complexity index is 4060. The maximum Gasteiger partial charge on any atom is 0.123 e. The van der Waals surface area contributed by atoms with E-state index in [1.807, 2.05) is 24.3 Å². The highest BCUT2D eigenvalue weighted by Gasteiger charge is 2.46. The van der Waals surface area contributed by atoms with Gasteiger partial charge >= 0.3 is 0 Å². The number of hydrogen-bond donors (Lipinski definition) is 0. The fourth-order valence-electron chi connectivity index (χ4n) is 11.5. The maximum atomic E-state index is 14.3. The second kappa shape index (κ2) is 18.2. The topological polar surface area (TPSA) is 8.17 Å². The van der Waals surface area contributed by atoms with Crippen molar-refractivity contribution in [1.82, 2.24) is 4.57 Å². The first-order valence-corrected chi connectivity index (χ1v) is 25.1. The van der Waals surface area contributed by atoms with Gasteiger partial charge in [0.05, 0.1) is 16.4 Å². The van der Waals surface area contributed by atoms with Crippen LogP contribution in [0.1, 0.15) is 33.4 Å². The molecule has 1 aromatic heterocycles. The van der Waals surface area contributed by atoms with Crippen LogP contribution in [0, 0.1) is 5.82 Å². The Hall–Kier alpha value is -9.57. The normalized spacial score (nSPS) is 13.6. The lowest BCUT2D eigenvalue weighted by molar-refractivity contribution is 0.627. The number of fused-ring (bicyclic) bond motifs is 6. The first-order valence-electron chi connectivity index (χ1n) is 25.1. The highest BCUT2D eigenvalue weighted by Crippen LogP contribution is 2.57. The minimum absolute atomic E-state index is 0.259. The molecule has 0 bridgehead atoms. The zero-order valence-corrected chi connectivity index (χ0v) is 40.7. The monoisotopic (exact) mass is 948 g/mol. The molecule has 12 aromatic rings. The summed E-state index contributed by atoms with van der Waals surface area (Å²) < 4.78 is 16.5. The van der Waals surface area contributed by atoms with Gasteiger partial charge in [-0.05, 0) is 163 Å². The molecule has 2 nitrogen and oxygen atoms in total. The van der Waals surface area contributed by atoms with Gasteiger partial charge in [-0.25, -0.2) is 4.39 Å². The van der Waals surface area contributed by atoms with Crippen molar-refractivity contribution in [3.05, 3.63) is 313 Å². The van der Waals surface area contributed by atoms with Gasteiger partial charge in [0.25, 0.3) is 0 Å². The molecular formula is C71H49FN2. The zero-order valence-electron chi connectivity index (χ0n) is 40.7. The third-order valence-corrected chi connectivity index (χ3v) is 15.1. The van der Waals surface area contributed by atoms with Crippen molar-refractivity contribution in [2.75, 3.05) is 4.90 Å². The third kappa shape index (κ3) is 7.40. The van der Waals surface area contributed by atoms with Crippen LogP contribution in [0.4, 0.5) is 21.5 Å². The summed E-state index contributed by atoms with van der Waals surface area (Å²) in [6, 6.07) is 92.9. The minimum Gasteiger partial charge on any atom is -0.310 e. The summed E-state index contributed by atoms with van der Waals surface area (Å²) >= 11 is 0. The van der Waals surface area contributed by atoms with Crippen LogP contribution in [-0.4, -0.2) is 4.57 Å². The SMILES string of the molecule is C=Cc1ccc(-c2ccc3c(c2)c2cc(-c4ccc(N(c5ccc(-c6ccccc6)cc5)c5ccc6c(c5)C(c5ccccc5)(c5ccc(C=C)cc5)c5ccccc5-6)cc4)ccc2n3-c2ccc(F)cc2)cc1. The Labute approximate surface area is 431 Å². The largest absolute Gasteiger partial charge is 0.310 e. The summed E-state index contributed by atoms with van der Waals surface area (Å²) in [6.07, 6.45) is 3.78. The predicted octanol–water partition coefficient (Wildman–Crippen LogP) is 19.0. The Kier molecular flexibility index (Phi) is 10.9. The van der Waals surface area contributed by atoms with E-state index in [0.717, 1.165) is 83.5 Å². The fraction of sp³-hybridized carbons (Fsp3) is 0.0141. The van der Waals surface area contributed by atoms with E-state index in [9.17, 15) is 4.39 Å². The second-order valence-corrected chi connectivity index (χ2v) is 19.1. The molecule has 74 heavy (non-hydrogen) atoms. The Morgan fingerprint density at radius 2 is 0.811 bits per heavy atom. The van der Waals surface area contributed by atoms with E-state index in [2.05, 4.69) is 259 Å². The van der Waals surface area contributed by atoms with Crippen LogP contribution in [0.15, 0.2) is 274 Å². The van der Waals surface area contributed by atoms with Crippen LogP contribution >= 0.6 is 0 Å². The molecule has 0 saturated heterocycles. The molecule has 0 N–H and O–H groups in total. The summed E-state index contributed by atoms with van der Waals surface area (Å²) in [7, 11) is 0. The van der Waals surface area contributed by atoms with Gasteiger partial charge in [0.1, 0.15) is 5.82 Å². The maximum absolute atomic E-state index is 14.3. The van der Waals surface area contributed by atoms with Gasteiger partial charge in [-0.3, -0.25) is 0 Å². The van der Waals surface area contributed by atoms with Crippen molar-refractivity contribution in [3.63, 3.8) is 0 Å². The number of hydrogen-bond acceptors (Lipinski definition) is 1. The van der Waals surface area contributed by atoms with Crippen LogP contribution in [-0.2, 0) is 5.41 Å². The summed E-state index contributed by atoms with van der Waals surface area (Å²) in [6.45, 7) is 8.02. The molecule has 0 fully saturated rings. The predicted molar refractivity (Wildman–Crippen MR) is 309 cm³/mol. The van der Waals surface area contributed by atoms with Crippen LogP contribution < -0.4 is 4.90 Å². The number of benzene rings is 11. The number of rotatable bonds is 11. The second-order valence-electron chi connectivity index (χ2n) is 19.1. The average Bonchev–Trinajstić information content (AvgIpc) is 3.97. The van der Waals surface area contributed by atoms with Gasteiger partial charge in [0.2, 0.25) is 0 Å². The molecule has 1 atom stereocenters. The molecule has 11 aromatic carbocycles. The van der Waals surface area contributed by atoms with Crippen LogP contribution in [0.5, 0.6) is 0 Å². The molecule has 1 aliphatic rings. The molecule has 1 unspecified atom stereocenters. The van der Waals surface area contributed by atoms with E-state index >= 15 is 0 Å². The van der Waals surface area contributed by atoms with E-state index in [-0.39, 0.29) is 5.82 Å². The van der Waals surface area contributed by atoms with Gasteiger partial charge in [-0.15, -0.1) is 0 Å². The Balaban J connectivity index is 0.960. The van der Waals surface area contributed by atoms with Crippen molar-refractivity contribution in [3.8, 4) is 50.2 Å². The van der Waals surface area contributed by atoms with Crippen molar-refractivity contribution < 1.29 is 4.39 Å². The van der Waals surface area contributed by atoms with Crippen LogP contribution in [0.3, 0.4) is 0 Å². The summed E-state index contributed by atoms with van der Waals surface area (Å²) in [5.41, 5.74) is 22.0. The molecule has 3 heteroatoms.